The zero-order valence-electron chi connectivity index (χ0n) is 10.3. The summed E-state index contributed by atoms with van der Waals surface area (Å²) in [4.78, 5) is 26.1. The first kappa shape index (κ1) is 14.1. The molecule has 1 aromatic carbocycles. The number of hydrogen-bond acceptors (Lipinski definition) is 4. The molecule has 0 saturated heterocycles. The second-order valence-corrected chi connectivity index (χ2v) is 4.83. The highest BCUT2D eigenvalue weighted by Gasteiger charge is 2.14. The van der Waals surface area contributed by atoms with E-state index in [1.807, 2.05) is 0 Å². The van der Waals surface area contributed by atoms with Crippen molar-refractivity contribution in [2.45, 2.75) is 6.42 Å². The average molecular weight is 294 g/mol. The maximum Gasteiger partial charge on any atom is 0.355 e. The molecule has 1 heterocycles. The lowest BCUT2D eigenvalue weighted by molar-refractivity contribution is 0.0691. The predicted octanol–water partition coefficient (Wildman–Crippen LogP) is 1.95. The molecule has 2 N–H and O–H groups in total. The van der Waals surface area contributed by atoms with Gasteiger partial charge >= 0.3 is 5.97 Å². The van der Waals surface area contributed by atoms with Crippen LogP contribution in [-0.4, -0.2) is 28.5 Å². The molecule has 0 unspecified atom stereocenters. The average Bonchev–Trinajstić information content (AvgIpc) is 2.91. The van der Waals surface area contributed by atoms with E-state index in [-0.39, 0.29) is 16.5 Å². The summed E-state index contributed by atoms with van der Waals surface area (Å²) in [6.07, 6.45) is 0.559. The summed E-state index contributed by atoms with van der Waals surface area (Å²) in [5.41, 5.74) is 0.760. The van der Waals surface area contributed by atoms with Gasteiger partial charge in [0.2, 0.25) is 0 Å². The number of hydrogen-bond donors (Lipinski definition) is 2. The fourth-order valence-electron chi connectivity index (χ4n) is 1.52. The summed E-state index contributed by atoms with van der Waals surface area (Å²) < 4.78 is 12.7. The maximum absolute atomic E-state index is 12.7. The van der Waals surface area contributed by atoms with Gasteiger partial charge in [0.05, 0.1) is 0 Å². The summed E-state index contributed by atoms with van der Waals surface area (Å²) in [6, 6.07) is 6.01. The second-order valence-electron chi connectivity index (χ2n) is 3.98. The summed E-state index contributed by atoms with van der Waals surface area (Å²) in [5.74, 6) is -1.88. The highest BCUT2D eigenvalue weighted by Crippen LogP contribution is 2.09. The van der Waals surface area contributed by atoms with Crippen LogP contribution in [0.1, 0.15) is 25.9 Å². The number of carboxylic acid groups (broad SMARTS) is 1. The molecule has 0 aliphatic heterocycles. The standard InChI is InChI=1S/C13H11FN2O3S/c14-9-3-1-8(2-4-9)5-6-15-11(17)12-16-10(7-20-12)13(18)19/h1-4,7H,5-6H2,(H,15,17)(H,18,19). The Morgan fingerprint density at radius 2 is 2.00 bits per heavy atom. The van der Waals surface area contributed by atoms with Gasteiger partial charge in [-0.15, -0.1) is 11.3 Å². The van der Waals surface area contributed by atoms with Crippen LogP contribution in [0.3, 0.4) is 0 Å². The molecule has 1 amide bonds. The van der Waals surface area contributed by atoms with Crippen LogP contribution in [-0.2, 0) is 6.42 Å². The van der Waals surface area contributed by atoms with Crippen LogP contribution in [0, 0.1) is 5.82 Å². The lowest BCUT2D eigenvalue weighted by atomic mass is 10.1. The molecule has 0 aliphatic carbocycles. The number of nitrogens with one attached hydrogen (secondary N) is 1. The van der Waals surface area contributed by atoms with Crippen molar-refractivity contribution in [1.82, 2.24) is 10.3 Å². The number of aromatic nitrogens is 1. The molecule has 5 nitrogen and oxygen atoms in total. The van der Waals surface area contributed by atoms with Crippen LogP contribution >= 0.6 is 11.3 Å². The van der Waals surface area contributed by atoms with E-state index in [0.717, 1.165) is 16.9 Å². The zero-order chi connectivity index (χ0) is 14.5. The molecule has 20 heavy (non-hydrogen) atoms. The van der Waals surface area contributed by atoms with Crippen LogP contribution < -0.4 is 5.32 Å². The third kappa shape index (κ3) is 3.61. The Balaban J connectivity index is 1.85. The second kappa shape index (κ2) is 6.25. The van der Waals surface area contributed by atoms with Crippen molar-refractivity contribution in [2.75, 3.05) is 6.54 Å². The SMILES string of the molecule is O=C(O)c1csc(C(=O)NCCc2ccc(F)cc2)n1. The van der Waals surface area contributed by atoms with Crippen molar-refractivity contribution in [3.8, 4) is 0 Å². The smallest absolute Gasteiger partial charge is 0.355 e. The van der Waals surface area contributed by atoms with Crippen LogP contribution in [0.5, 0.6) is 0 Å². The van der Waals surface area contributed by atoms with Gasteiger partial charge in [-0.1, -0.05) is 12.1 Å². The number of benzene rings is 1. The van der Waals surface area contributed by atoms with Crippen molar-refractivity contribution in [3.63, 3.8) is 0 Å². The Labute approximate surface area is 118 Å². The predicted molar refractivity (Wildman–Crippen MR) is 71.5 cm³/mol. The molecule has 0 aliphatic rings. The molecular formula is C13H11FN2O3S. The third-order valence-electron chi connectivity index (χ3n) is 2.53. The molecule has 0 bridgehead atoms. The minimum Gasteiger partial charge on any atom is -0.476 e. The molecule has 7 heteroatoms. The number of aromatic carboxylic acids is 1. The first-order valence-electron chi connectivity index (χ1n) is 5.78. The lowest BCUT2D eigenvalue weighted by Gasteiger charge is -2.03. The van der Waals surface area contributed by atoms with Crippen LogP contribution in [0.15, 0.2) is 29.6 Å². The number of carbonyl (C=O) groups is 2. The van der Waals surface area contributed by atoms with Crippen molar-refractivity contribution in [1.29, 1.82) is 0 Å². The summed E-state index contributed by atoms with van der Waals surface area (Å²) >= 11 is 0.981. The third-order valence-corrected chi connectivity index (χ3v) is 3.37. The van der Waals surface area contributed by atoms with Gasteiger partial charge in [0, 0.05) is 11.9 Å². The monoisotopic (exact) mass is 294 g/mol. The van der Waals surface area contributed by atoms with E-state index >= 15 is 0 Å². The zero-order valence-corrected chi connectivity index (χ0v) is 11.1. The summed E-state index contributed by atoms with van der Waals surface area (Å²) in [5, 5.41) is 12.8. The molecular weight excluding hydrogens is 283 g/mol. The Morgan fingerprint density at radius 3 is 2.60 bits per heavy atom. The van der Waals surface area contributed by atoms with Crippen LogP contribution in [0.4, 0.5) is 4.39 Å². The Hall–Kier alpha value is -2.28. The quantitative estimate of drug-likeness (QED) is 0.883. The molecule has 2 aromatic rings. The van der Waals surface area contributed by atoms with Crippen molar-refractivity contribution in [2.24, 2.45) is 0 Å². The maximum atomic E-state index is 12.7. The Kier molecular flexibility index (Phi) is 4.41. The summed E-state index contributed by atoms with van der Waals surface area (Å²) in [6.45, 7) is 0.368. The van der Waals surface area contributed by atoms with Crippen molar-refractivity contribution >= 4 is 23.2 Å². The molecule has 0 atom stereocenters. The number of carboxylic acids is 1. The highest BCUT2D eigenvalue weighted by molar-refractivity contribution is 7.11. The Bertz CT molecular complexity index is 625. The van der Waals surface area contributed by atoms with E-state index in [4.69, 9.17) is 5.11 Å². The van der Waals surface area contributed by atoms with Gasteiger partial charge in [-0.05, 0) is 24.1 Å². The van der Waals surface area contributed by atoms with E-state index in [2.05, 4.69) is 10.3 Å². The van der Waals surface area contributed by atoms with E-state index in [1.165, 1.54) is 17.5 Å². The number of rotatable bonds is 5. The van der Waals surface area contributed by atoms with Gasteiger partial charge in [-0.25, -0.2) is 14.2 Å². The summed E-state index contributed by atoms with van der Waals surface area (Å²) in [7, 11) is 0. The first-order chi connectivity index (χ1) is 9.56. The molecule has 104 valence electrons. The number of carbonyl (C=O) groups excluding carboxylic acids is 1. The molecule has 0 saturated carbocycles. The van der Waals surface area contributed by atoms with Gasteiger partial charge in [0.25, 0.3) is 5.91 Å². The first-order valence-corrected chi connectivity index (χ1v) is 6.65. The van der Waals surface area contributed by atoms with E-state index in [9.17, 15) is 14.0 Å². The largest absolute Gasteiger partial charge is 0.476 e. The Morgan fingerprint density at radius 1 is 1.30 bits per heavy atom. The van der Waals surface area contributed by atoms with Gasteiger partial charge in [0.15, 0.2) is 10.7 Å². The van der Waals surface area contributed by atoms with Crippen LogP contribution in [0.2, 0.25) is 0 Å². The van der Waals surface area contributed by atoms with Gasteiger partial charge in [0.1, 0.15) is 5.82 Å². The van der Waals surface area contributed by atoms with Crippen LogP contribution in [0.25, 0.3) is 0 Å². The fourth-order valence-corrected chi connectivity index (χ4v) is 2.23. The number of nitrogens with zero attached hydrogens (tertiary/aromatic N) is 1. The molecule has 0 radical (unpaired) electrons. The van der Waals surface area contributed by atoms with Gasteiger partial charge < -0.3 is 10.4 Å². The van der Waals surface area contributed by atoms with E-state index < -0.39 is 11.9 Å². The fraction of sp³-hybridized carbons (Fsp3) is 0.154. The minimum absolute atomic E-state index is 0.113. The molecule has 0 spiro atoms. The van der Waals surface area contributed by atoms with Crippen molar-refractivity contribution in [3.05, 3.63) is 51.7 Å². The highest BCUT2D eigenvalue weighted by atomic mass is 32.1. The molecule has 1 aromatic heterocycles. The van der Waals surface area contributed by atoms with Crippen molar-refractivity contribution < 1.29 is 19.1 Å². The normalized spacial score (nSPS) is 10.2. The van der Waals surface area contributed by atoms with Gasteiger partial charge in [-0.2, -0.15) is 0 Å². The molecule has 2 rings (SSSR count). The minimum atomic E-state index is -1.16. The topological polar surface area (TPSA) is 79.3 Å². The van der Waals surface area contributed by atoms with E-state index in [0.29, 0.717) is 13.0 Å². The van der Waals surface area contributed by atoms with Gasteiger partial charge in [-0.3, -0.25) is 4.79 Å². The number of thiazole rings is 1. The number of halogens is 1. The van der Waals surface area contributed by atoms with E-state index in [1.54, 1.807) is 12.1 Å². The number of amides is 1. The molecule has 0 fully saturated rings. The lowest BCUT2D eigenvalue weighted by Crippen LogP contribution is -2.25.